The first-order valence-corrected chi connectivity index (χ1v) is 7.94. The Morgan fingerprint density at radius 2 is 1.81 bits per heavy atom. The van der Waals surface area contributed by atoms with Gasteiger partial charge >= 0.3 is 0 Å². The Kier molecular flexibility index (Phi) is 3.13. The molecule has 1 saturated heterocycles. The van der Waals surface area contributed by atoms with Crippen molar-refractivity contribution in [3.8, 4) is 5.82 Å². The van der Waals surface area contributed by atoms with E-state index in [4.69, 9.17) is 0 Å². The number of nitrogens with zero attached hydrogens (tertiary/aromatic N) is 5. The number of fused-ring (bicyclic) bond motifs is 1. The maximum atomic E-state index is 4.45. The van der Waals surface area contributed by atoms with Crippen molar-refractivity contribution in [1.82, 2.24) is 20.0 Å². The summed E-state index contributed by atoms with van der Waals surface area (Å²) in [5.41, 5.74) is 0.991. The zero-order valence-electron chi connectivity index (χ0n) is 12.4. The van der Waals surface area contributed by atoms with Crippen LogP contribution in [0.1, 0.15) is 37.8 Å². The first kappa shape index (κ1) is 12.8. The van der Waals surface area contributed by atoms with Crippen molar-refractivity contribution in [3.63, 3.8) is 0 Å². The number of hydrogen-bond acceptors (Lipinski definition) is 4. The zero-order valence-corrected chi connectivity index (χ0v) is 12.4. The van der Waals surface area contributed by atoms with E-state index in [0.717, 1.165) is 29.8 Å². The Labute approximate surface area is 125 Å². The van der Waals surface area contributed by atoms with E-state index in [0.29, 0.717) is 6.04 Å². The summed E-state index contributed by atoms with van der Waals surface area (Å²) in [6.45, 7) is 3.11. The summed E-state index contributed by atoms with van der Waals surface area (Å²) in [6, 6.07) is 6.77. The minimum absolute atomic E-state index is 0.686. The van der Waals surface area contributed by atoms with E-state index in [2.05, 4.69) is 26.3 Å². The minimum atomic E-state index is 0.686. The van der Waals surface area contributed by atoms with Crippen molar-refractivity contribution < 1.29 is 0 Å². The van der Waals surface area contributed by atoms with Crippen molar-refractivity contribution in [2.75, 3.05) is 11.4 Å². The van der Waals surface area contributed by atoms with Gasteiger partial charge in [0.25, 0.3) is 0 Å². The highest BCUT2D eigenvalue weighted by atomic mass is 15.4. The van der Waals surface area contributed by atoms with Crippen molar-refractivity contribution in [2.24, 2.45) is 5.92 Å². The molecule has 0 spiro atoms. The molecule has 0 radical (unpaired) electrons. The number of anilines is 1. The van der Waals surface area contributed by atoms with Crippen LogP contribution in [0.2, 0.25) is 0 Å². The van der Waals surface area contributed by atoms with Crippen LogP contribution in [0.4, 0.5) is 5.82 Å². The Balaban J connectivity index is 1.56. The van der Waals surface area contributed by atoms with E-state index in [1.807, 2.05) is 25.3 Å². The number of hydrogen-bond donors (Lipinski definition) is 0. The lowest BCUT2D eigenvalue weighted by molar-refractivity contribution is 0.341. The first-order valence-electron chi connectivity index (χ1n) is 7.94. The van der Waals surface area contributed by atoms with Crippen molar-refractivity contribution >= 4 is 5.82 Å². The van der Waals surface area contributed by atoms with Crippen LogP contribution in [-0.2, 0) is 0 Å². The lowest BCUT2D eigenvalue weighted by Gasteiger charge is -2.32. The molecule has 0 amide bonds. The molecule has 5 heteroatoms. The maximum Gasteiger partial charge on any atom is 0.175 e. The molecule has 5 nitrogen and oxygen atoms in total. The number of aromatic nitrogens is 4. The largest absolute Gasteiger partial charge is 0.352 e. The van der Waals surface area contributed by atoms with E-state index < -0.39 is 0 Å². The van der Waals surface area contributed by atoms with Gasteiger partial charge in [-0.1, -0.05) is 12.8 Å². The van der Waals surface area contributed by atoms with E-state index in [-0.39, 0.29) is 0 Å². The van der Waals surface area contributed by atoms with E-state index in [1.54, 1.807) is 4.68 Å². The zero-order chi connectivity index (χ0) is 14.2. The molecular weight excluding hydrogens is 262 g/mol. The molecule has 2 atom stereocenters. The second-order valence-electron chi connectivity index (χ2n) is 6.25. The second kappa shape index (κ2) is 5.13. The third-order valence-corrected chi connectivity index (χ3v) is 4.90. The fourth-order valence-electron chi connectivity index (χ4n) is 3.83. The molecule has 4 rings (SSSR count). The van der Waals surface area contributed by atoms with Gasteiger partial charge in [-0.2, -0.15) is 5.10 Å². The van der Waals surface area contributed by atoms with Crippen LogP contribution in [0.25, 0.3) is 5.82 Å². The second-order valence-corrected chi connectivity index (χ2v) is 6.25. The highest BCUT2D eigenvalue weighted by molar-refractivity contribution is 5.42. The third-order valence-electron chi connectivity index (χ3n) is 4.90. The smallest absolute Gasteiger partial charge is 0.175 e. The molecule has 1 saturated carbocycles. The summed E-state index contributed by atoms with van der Waals surface area (Å²) in [5.74, 6) is 2.68. The van der Waals surface area contributed by atoms with Gasteiger partial charge in [0.2, 0.25) is 0 Å². The molecule has 0 bridgehead atoms. The average Bonchev–Trinajstić information content (AvgIpc) is 3.14. The van der Waals surface area contributed by atoms with Gasteiger partial charge in [-0.3, -0.25) is 0 Å². The Morgan fingerprint density at radius 3 is 2.57 bits per heavy atom. The quantitative estimate of drug-likeness (QED) is 0.850. The summed E-state index contributed by atoms with van der Waals surface area (Å²) in [6.07, 6.45) is 8.69. The monoisotopic (exact) mass is 283 g/mol. The molecule has 0 aromatic carbocycles. The number of aryl methyl sites for hydroxylation is 1. The highest BCUT2D eigenvalue weighted by Crippen LogP contribution is 2.37. The maximum absolute atomic E-state index is 4.45. The van der Waals surface area contributed by atoms with Crippen LogP contribution in [0.3, 0.4) is 0 Å². The summed E-state index contributed by atoms with van der Waals surface area (Å²) < 4.78 is 1.78. The lowest BCUT2D eigenvalue weighted by atomic mass is 9.85. The summed E-state index contributed by atoms with van der Waals surface area (Å²) in [4.78, 5) is 2.47. The number of rotatable bonds is 2. The van der Waals surface area contributed by atoms with Crippen LogP contribution in [0.15, 0.2) is 24.4 Å². The van der Waals surface area contributed by atoms with Crippen molar-refractivity contribution in [2.45, 2.75) is 45.1 Å². The van der Waals surface area contributed by atoms with Crippen LogP contribution < -0.4 is 4.90 Å². The van der Waals surface area contributed by atoms with Crippen molar-refractivity contribution in [1.29, 1.82) is 0 Å². The molecule has 2 aliphatic rings. The predicted octanol–water partition coefficient (Wildman–Crippen LogP) is 2.74. The molecular formula is C16H21N5. The van der Waals surface area contributed by atoms with Gasteiger partial charge in [0.1, 0.15) is 0 Å². The van der Waals surface area contributed by atoms with Gasteiger partial charge < -0.3 is 4.90 Å². The van der Waals surface area contributed by atoms with Gasteiger partial charge in [-0.25, -0.2) is 4.68 Å². The van der Waals surface area contributed by atoms with Crippen LogP contribution in [-0.4, -0.2) is 32.6 Å². The molecule has 1 aliphatic heterocycles. The molecule has 0 unspecified atom stereocenters. The molecule has 1 aliphatic carbocycles. The minimum Gasteiger partial charge on any atom is -0.352 e. The van der Waals surface area contributed by atoms with Gasteiger partial charge in [0.05, 0.1) is 5.69 Å². The van der Waals surface area contributed by atoms with E-state index >= 15 is 0 Å². The molecule has 0 N–H and O–H groups in total. The third kappa shape index (κ3) is 2.30. The van der Waals surface area contributed by atoms with Gasteiger partial charge in [-0.05, 0) is 50.3 Å². The summed E-state index contributed by atoms with van der Waals surface area (Å²) >= 11 is 0. The molecule has 21 heavy (non-hydrogen) atoms. The highest BCUT2D eigenvalue weighted by Gasteiger charge is 2.36. The Hall–Kier alpha value is -1.91. The fraction of sp³-hybridized carbons (Fsp3) is 0.562. The van der Waals surface area contributed by atoms with Crippen LogP contribution in [0.5, 0.6) is 0 Å². The average molecular weight is 283 g/mol. The van der Waals surface area contributed by atoms with Crippen molar-refractivity contribution in [3.05, 3.63) is 30.1 Å². The van der Waals surface area contributed by atoms with Gasteiger partial charge in [0, 0.05) is 18.8 Å². The first-order chi connectivity index (χ1) is 10.3. The summed E-state index contributed by atoms with van der Waals surface area (Å²) in [5, 5.41) is 13.2. The standard InChI is InChI=1S/C16H21N5/c1-12-8-11-21(19-12)16-7-6-15(17-18-16)20-10-9-13-4-2-3-5-14(13)20/h6-8,11,13-14H,2-5,9-10H2,1H3/t13-,14+/m1/s1. The molecule has 2 fully saturated rings. The fourth-order valence-corrected chi connectivity index (χ4v) is 3.83. The summed E-state index contributed by atoms with van der Waals surface area (Å²) in [7, 11) is 0. The SMILES string of the molecule is Cc1ccn(-c2ccc(N3CC[C@H]4CCCC[C@@H]43)nn2)n1. The Morgan fingerprint density at radius 1 is 1.00 bits per heavy atom. The Bertz CT molecular complexity index is 618. The van der Waals surface area contributed by atoms with Gasteiger partial charge in [0.15, 0.2) is 11.6 Å². The van der Waals surface area contributed by atoms with Crippen LogP contribution >= 0.6 is 0 Å². The van der Waals surface area contributed by atoms with Crippen LogP contribution in [0, 0.1) is 12.8 Å². The van der Waals surface area contributed by atoms with Gasteiger partial charge in [-0.15, -0.1) is 10.2 Å². The molecule has 3 heterocycles. The lowest BCUT2D eigenvalue weighted by Crippen LogP contribution is -2.35. The molecule has 110 valence electrons. The normalized spacial score (nSPS) is 25.1. The topological polar surface area (TPSA) is 46.8 Å². The predicted molar refractivity (Wildman–Crippen MR) is 81.6 cm³/mol. The van der Waals surface area contributed by atoms with E-state index in [9.17, 15) is 0 Å². The van der Waals surface area contributed by atoms with E-state index in [1.165, 1.54) is 32.1 Å². The molecule has 2 aromatic rings. The molecule has 2 aromatic heterocycles.